The Morgan fingerprint density at radius 2 is 2.00 bits per heavy atom. The van der Waals surface area contributed by atoms with Crippen molar-refractivity contribution in [2.45, 2.75) is 13.8 Å². The van der Waals surface area contributed by atoms with Gasteiger partial charge < -0.3 is 14.5 Å². The van der Waals surface area contributed by atoms with Crippen LogP contribution in [-0.4, -0.2) is 23.8 Å². The van der Waals surface area contributed by atoms with Crippen molar-refractivity contribution in [1.82, 2.24) is 4.98 Å². The highest BCUT2D eigenvalue weighted by atomic mass is 16.5. The van der Waals surface area contributed by atoms with Gasteiger partial charge in [-0.15, -0.1) is 0 Å². The average molecular weight is 326 g/mol. The van der Waals surface area contributed by atoms with E-state index in [-0.39, 0.29) is 17.4 Å². The number of amides is 1. The first-order valence-electron chi connectivity index (χ1n) is 7.26. The van der Waals surface area contributed by atoms with Crippen LogP contribution >= 0.6 is 0 Å². The fourth-order valence-corrected chi connectivity index (χ4v) is 1.96. The summed E-state index contributed by atoms with van der Waals surface area (Å²) in [6.07, 6.45) is 7.64. The van der Waals surface area contributed by atoms with Crippen molar-refractivity contribution in [3.63, 3.8) is 0 Å². The number of carbonyl (C=O) groups is 2. The molecule has 124 valence electrons. The quantitative estimate of drug-likeness (QED) is 0.500. The molecule has 6 heteroatoms. The molecule has 0 spiro atoms. The number of para-hydroxylation sites is 1. The van der Waals surface area contributed by atoms with Crippen molar-refractivity contribution in [3.05, 3.63) is 60.2 Å². The number of allylic oxidation sites excluding steroid dienone is 5. The van der Waals surface area contributed by atoms with Crippen molar-refractivity contribution in [1.29, 1.82) is 0 Å². The van der Waals surface area contributed by atoms with Gasteiger partial charge in [-0.2, -0.15) is 0 Å². The van der Waals surface area contributed by atoms with Crippen LogP contribution < -0.4 is 5.32 Å². The minimum Gasteiger partial charge on any atom is -0.493 e. The van der Waals surface area contributed by atoms with Gasteiger partial charge in [0.05, 0.1) is 12.8 Å². The van der Waals surface area contributed by atoms with E-state index in [2.05, 4.69) is 10.3 Å². The molecule has 0 bridgehead atoms. The molecule has 0 saturated carbocycles. The summed E-state index contributed by atoms with van der Waals surface area (Å²) in [6.45, 7) is 3.23. The summed E-state index contributed by atoms with van der Waals surface area (Å²) < 4.78 is 10.1. The first kappa shape index (κ1) is 17.2. The van der Waals surface area contributed by atoms with E-state index in [1.165, 1.54) is 26.5 Å². The maximum atomic E-state index is 12.0. The van der Waals surface area contributed by atoms with Crippen molar-refractivity contribution in [3.8, 4) is 0 Å². The second-order valence-corrected chi connectivity index (χ2v) is 5.03. The number of Topliss-reactive ketones (excluding diaryl/α,β-unsaturated/α-hetero) is 1. The number of aromatic nitrogens is 1. The number of methoxy groups -OCH3 is 1. The third kappa shape index (κ3) is 4.42. The number of fused-ring (bicyclic) bond motifs is 1. The van der Waals surface area contributed by atoms with E-state index < -0.39 is 0 Å². The molecule has 1 amide bonds. The lowest BCUT2D eigenvalue weighted by molar-refractivity contribution is -0.116. The third-order valence-electron chi connectivity index (χ3n) is 3.18. The molecule has 1 N–H and O–H groups in total. The Hall–Kier alpha value is -3.15. The van der Waals surface area contributed by atoms with Crippen molar-refractivity contribution < 1.29 is 18.7 Å². The zero-order chi connectivity index (χ0) is 17.5. The number of ketones is 1. The van der Waals surface area contributed by atoms with E-state index in [1.54, 1.807) is 36.4 Å². The van der Waals surface area contributed by atoms with Crippen molar-refractivity contribution in [2.75, 3.05) is 12.4 Å². The second kappa shape index (κ2) is 7.92. The maximum Gasteiger partial charge on any atom is 0.248 e. The Morgan fingerprint density at radius 3 is 2.71 bits per heavy atom. The summed E-state index contributed by atoms with van der Waals surface area (Å²) in [5.74, 6) is -0.199. The smallest absolute Gasteiger partial charge is 0.248 e. The molecule has 0 aliphatic rings. The molecule has 2 aromatic rings. The van der Waals surface area contributed by atoms with Crippen LogP contribution in [0.1, 0.15) is 13.8 Å². The van der Waals surface area contributed by atoms with Crippen molar-refractivity contribution in [2.24, 2.45) is 0 Å². The van der Waals surface area contributed by atoms with Crippen LogP contribution in [0, 0.1) is 0 Å². The Labute approximate surface area is 139 Å². The number of carbonyl (C=O) groups excluding carboxylic acids is 2. The predicted octanol–water partition coefficient (Wildman–Crippen LogP) is 3.39. The van der Waals surface area contributed by atoms with Crippen LogP contribution in [0.2, 0.25) is 0 Å². The lowest BCUT2D eigenvalue weighted by Crippen LogP contribution is -2.08. The van der Waals surface area contributed by atoms with E-state index >= 15 is 0 Å². The van der Waals surface area contributed by atoms with Crippen LogP contribution in [-0.2, 0) is 14.3 Å². The largest absolute Gasteiger partial charge is 0.493 e. The molecular formula is C18H18N2O4. The summed E-state index contributed by atoms with van der Waals surface area (Å²) >= 11 is 0. The monoisotopic (exact) mass is 326 g/mol. The Kier molecular flexibility index (Phi) is 5.68. The second-order valence-electron chi connectivity index (χ2n) is 5.03. The summed E-state index contributed by atoms with van der Waals surface area (Å²) in [4.78, 5) is 27.3. The van der Waals surface area contributed by atoms with E-state index in [0.29, 0.717) is 16.8 Å². The Morgan fingerprint density at radius 1 is 1.21 bits per heavy atom. The fraction of sp³-hybridized carbons (Fsp3) is 0.167. The number of ether oxygens (including phenoxy) is 1. The van der Waals surface area contributed by atoms with Gasteiger partial charge in [0.2, 0.25) is 5.91 Å². The molecule has 2 rings (SSSR count). The van der Waals surface area contributed by atoms with Crippen LogP contribution in [0.15, 0.2) is 64.6 Å². The van der Waals surface area contributed by atoms with Crippen LogP contribution in [0.5, 0.6) is 0 Å². The van der Waals surface area contributed by atoms with E-state index in [0.717, 1.165) is 5.57 Å². The van der Waals surface area contributed by atoms with Gasteiger partial charge in [0.25, 0.3) is 0 Å². The highest BCUT2D eigenvalue weighted by Gasteiger charge is 2.06. The molecule has 1 aromatic carbocycles. The molecule has 0 fully saturated rings. The van der Waals surface area contributed by atoms with Gasteiger partial charge in [-0.25, -0.2) is 4.98 Å². The molecular weight excluding hydrogens is 308 g/mol. The van der Waals surface area contributed by atoms with Crippen LogP contribution in [0.25, 0.3) is 11.1 Å². The molecule has 0 aliphatic carbocycles. The average Bonchev–Trinajstić information content (AvgIpc) is 3.03. The number of benzene rings is 1. The summed E-state index contributed by atoms with van der Waals surface area (Å²) in [7, 11) is 1.43. The first-order chi connectivity index (χ1) is 11.5. The van der Waals surface area contributed by atoms with E-state index in [4.69, 9.17) is 9.15 Å². The lowest BCUT2D eigenvalue weighted by Gasteiger charge is -2.02. The highest BCUT2D eigenvalue weighted by Crippen LogP contribution is 2.21. The van der Waals surface area contributed by atoms with Gasteiger partial charge in [0.15, 0.2) is 23.5 Å². The SMILES string of the molecule is COC(=C/C=C(C)/C=C/C(=O)Nc1cccc2ocnc12)C(C)=O. The van der Waals surface area contributed by atoms with Gasteiger partial charge in [-0.05, 0) is 25.1 Å². The van der Waals surface area contributed by atoms with Crippen LogP contribution in [0.4, 0.5) is 5.69 Å². The van der Waals surface area contributed by atoms with Crippen LogP contribution in [0.3, 0.4) is 0 Å². The number of hydrogen-bond donors (Lipinski definition) is 1. The summed E-state index contributed by atoms with van der Waals surface area (Å²) in [5, 5.41) is 2.75. The zero-order valence-corrected chi connectivity index (χ0v) is 13.7. The molecule has 1 aromatic heterocycles. The molecule has 0 radical (unpaired) electrons. The zero-order valence-electron chi connectivity index (χ0n) is 13.7. The molecule has 0 saturated heterocycles. The number of nitrogens with one attached hydrogen (secondary N) is 1. The topological polar surface area (TPSA) is 81.4 Å². The summed E-state index contributed by atoms with van der Waals surface area (Å²) in [5.41, 5.74) is 2.58. The number of oxazole rings is 1. The minimum atomic E-state index is -0.291. The van der Waals surface area contributed by atoms with Gasteiger partial charge in [-0.1, -0.05) is 23.8 Å². The Balaban J connectivity index is 2.05. The predicted molar refractivity (Wildman–Crippen MR) is 91.3 cm³/mol. The summed E-state index contributed by atoms with van der Waals surface area (Å²) in [6, 6.07) is 5.30. The third-order valence-corrected chi connectivity index (χ3v) is 3.18. The molecule has 24 heavy (non-hydrogen) atoms. The van der Waals surface area contributed by atoms with E-state index in [9.17, 15) is 9.59 Å². The molecule has 0 unspecified atom stereocenters. The minimum absolute atomic E-state index is 0.163. The number of hydrogen-bond acceptors (Lipinski definition) is 5. The number of rotatable bonds is 6. The van der Waals surface area contributed by atoms with Crippen molar-refractivity contribution >= 4 is 28.5 Å². The Bertz CT molecular complexity index is 844. The molecule has 0 atom stereocenters. The molecule has 0 aliphatic heterocycles. The lowest BCUT2D eigenvalue weighted by atomic mass is 10.2. The first-order valence-corrected chi connectivity index (χ1v) is 7.26. The molecule has 1 heterocycles. The van der Waals surface area contributed by atoms with Gasteiger partial charge in [0, 0.05) is 13.0 Å². The number of nitrogens with zero attached hydrogens (tertiary/aromatic N) is 1. The van der Waals surface area contributed by atoms with Gasteiger partial charge in [0.1, 0.15) is 5.52 Å². The fourth-order valence-electron chi connectivity index (χ4n) is 1.96. The number of anilines is 1. The standard InChI is InChI=1S/C18H18N2O4/c1-12(7-9-15(23-3)13(2)21)8-10-17(22)20-14-5-4-6-16-18(14)19-11-24-16/h4-11H,1-3H3,(H,20,22)/b10-8+,12-7+,15-9?. The molecule has 6 nitrogen and oxygen atoms in total. The highest BCUT2D eigenvalue weighted by molar-refractivity contribution is 6.04. The maximum absolute atomic E-state index is 12.0. The normalized spacial score (nSPS) is 12.6. The van der Waals surface area contributed by atoms with Gasteiger partial charge in [-0.3, -0.25) is 9.59 Å². The van der Waals surface area contributed by atoms with Gasteiger partial charge >= 0.3 is 0 Å². The van der Waals surface area contributed by atoms with E-state index in [1.807, 2.05) is 6.92 Å².